The first-order chi connectivity index (χ1) is 7.25. The molecule has 0 saturated carbocycles. The summed E-state index contributed by atoms with van der Waals surface area (Å²) in [4.78, 5) is 0. The third kappa shape index (κ3) is 3.91. The van der Waals surface area contributed by atoms with Crippen molar-refractivity contribution in [3.8, 4) is 0 Å². The minimum Gasteiger partial charge on any atom is -0.0760 e. The minimum absolute atomic E-state index is 1.15. The molecule has 0 aromatic heterocycles. The number of hydrogen-bond donors (Lipinski definition) is 0. The van der Waals surface area contributed by atoms with Crippen LogP contribution in [0.15, 0.2) is 24.3 Å². The standard InChI is InChI=1S/C15H21/c1-4-5-6-7-8-11-15-12-9-10-13(2)14(15)3/h8-10,12H,4-7H2,1-3H3. The predicted molar refractivity (Wildman–Crippen MR) is 67.0 cm³/mol. The fourth-order valence-corrected chi connectivity index (χ4v) is 1.59. The zero-order valence-electron chi connectivity index (χ0n) is 10.1. The van der Waals surface area contributed by atoms with E-state index >= 15 is 0 Å². The number of aryl methyl sites for hydroxylation is 1. The maximum atomic E-state index is 3.39. The van der Waals surface area contributed by atoms with Gasteiger partial charge in [-0.2, -0.15) is 0 Å². The zero-order chi connectivity index (χ0) is 11.1. The van der Waals surface area contributed by atoms with Crippen molar-refractivity contribution in [3.05, 3.63) is 47.0 Å². The van der Waals surface area contributed by atoms with Crippen LogP contribution in [0.5, 0.6) is 0 Å². The fourth-order valence-electron chi connectivity index (χ4n) is 1.59. The molecule has 1 aromatic carbocycles. The molecule has 0 atom stereocenters. The van der Waals surface area contributed by atoms with Gasteiger partial charge in [-0.1, -0.05) is 44.0 Å². The summed E-state index contributed by atoms with van der Waals surface area (Å²) in [6.07, 6.45) is 10.6. The molecule has 0 heteroatoms. The minimum atomic E-state index is 1.15. The Hall–Kier alpha value is -1.04. The largest absolute Gasteiger partial charge is 0.0760 e. The quantitative estimate of drug-likeness (QED) is 0.611. The van der Waals surface area contributed by atoms with Crippen molar-refractivity contribution in [2.24, 2.45) is 0 Å². The molecular formula is C15H21. The summed E-state index contributed by atoms with van der Waals surface area (Å²) in [6, 6.07) is 6.39. The van der Waals surface area contributed by atoms with E-state index in [1.165, 1.54) is 36.0 Å². The Balaban J connectivity index is 2.53. The van der Waals surface area contributed by atoms with Crippen molar-refractivity contribution in [3.63, 3.8) is 0 Å². The van der Waals surface area contributed by atoms with Crippen LogP contribution in [0.3, 0.4) is 0 Å². The molecule has 0 amide bonds. The van der Waals surface area contributed by atoms with Gasteiger partial charge >= 0.3 is 0 Å². The lowest BCUT2D eigenvalue weighted by atomic mass is 10.0. The van der Waals surface area contributed by atoms with E-state index in [0.29, 0.717) is 0 Å². The van der Waals surface area contributed by atoms with Crippen LogP contribution >= 0.6 is 0 Å². The van der Waals surface area contributed by atoms with Crippen LogP contribution in [0.25, 0.3) is 0 Å². The van der Waals surface area contributed by atoms with Crippen molar-refractivity contribution in [1.82, 2.24) is 0 Å². The lowest BCUT2D eigenvalue weighted by Crippen LogP contribution is -1.85. The van der Waals surface area contributed by atoms with E-state index in [9.17, 15) is 0 Å². The van der Waals surface area contributed by atoms with E-state index in [0.717, 1.165) is 6.42 Å². The van der Waals surface area contributed by atoms with Gasteiger partial charge < -0.3 is 0 Å². The average Bonchev–Trinajstić information content (AvgIpc) is 2.24. The Morgan fingerprint density at radius 3 is 2.73 bits per heavy atom. The van der Waals surface area contributed by atoms with E-state index in [2.05, 4.69) is 51.1 Å². The number of hydrogen-bond acceptors (Lipinski definition) is 0. The highest BCUT2D eigenvalue weighted by Crippen LogP contribution is 2.13. The second-order valence-corrected chi connectivity index (χ2v) is 4.09. The lowest BCUT2D eigenvalue weighted by molar-refractivity contribution is 0.728. The molecular weight excluding hydrogens is 180 g/mol. The molecule has 0 nitrogen and oxygen atoms in total. The molecule has 0 saturated heterocycles. The van der Waals surface area contributed by atoms with Crippen LogP contribution in [0.4, 0.5) is 0 Å². The summed E-state index contributed by atoms with van der Waals surface area (Å²) in [5.74, 6) is 0. The van der Waals surface area contributed by atoms with E-state index in [-0.39, 0.29) is 0 Å². The summed E-state index contributed by atoms with van der Waals surface area (Å²) in [5.41, 5.74) is 3.94. The van der Waals surface area contributed by atoms with Crippen molar-refractivity contribution < 1.29 is 0 Å². The predicted octanol–water partition coefficient (Wildman–Crippen LogP) is 4.59. The van der Waals surface area contributed by atoms with Gasteiger partial charge in [0.25, 0.3) is 0 Å². The molecule has 15 heavy (non-hydrogen) atoms. The SMILES string of the molecule is CCCCC/C=[C]\c1cccc(C)c1C. The summed E-state index contributed by atoms with van der Waals surface area (Å²) < 4.78 is 0. The Labute approximate surface area is 94.0 Å². The van der Waals surface area contributed by atoms with Crippen LogP contribution < -0.4 is 0 Å². The first-order valence-corrected chi connectivity index (χ1v) is 5.90. The Kier molecular flexibility index (Phi) is 5.17. The summed E-state index contributed by atoms with van der Waals surface area (Å²) in [6.45, 7) is 6.55. The van der Waals surface area contributed by atoms with Crippen molar-refractivity contribution in [2.45, 2.75) is 46.5 Å². The molecule has 0 aliphatic rings. The van der Waals surface area contributed by atoms with E-state index in [4.69, 9.17) is 0 Å². The van der Waals surface area contributed by atoms with Crippen LogP contribution in [0, 0.1) is 19.9 Å². The second kappa shape index (κ2) is 6.44. The third-order valence-electron chi connectivity index (χ3n) is 2.81. The molecule has 1 aromatic rings. The summed E-state index contributed by atoms with van der Waals surface area (Å²) in [7, 11) is 0. The van der Waals surface area contributed by atoms with E-state index in [1.54, 1.807) is 0 Å². The lowest BCUT2D eigenvalue weighted by Gasteiger charge is -2.02. The maximum Gasteiger partial charge on any atom is -0.0146 e. The van der Waals surface area contributed by atoms with Crippen molar-refractivity contribution >= 4 is 0 Å². The Bertz CT molecular complexity index is 321. The smallest absolute Gasteiger partial charge is 0.0146 e. The first kappa shape index (κ1) is 12.0. The highest BCUT2D eigenvalue weighted by Gasteiger charge is 1.96. The number of unbranched alkanes of at least 4 members (excludes halogenated alkanes) is 3. The van der Waals surface area contributed by atoms with Crippen LogP contribution in [-0.4, -0.2) is 0 Å². The van der Waals surface area contributed by atoms with Crippen LogP contribution in [0.2, 0.25) is 0 Å². The molecule has 0 unspecified atom stereocenters. The Morgan fingerprint density at radius 2 is 2.00 bits per heavy atom. The average molecular weight is 201 g/mol. The normalized spacial score (nSPS) is 11.1. The maximum absolute atomic E-state index is 3.39. The highest BCUT2D eigenvalue weighted by atomic mass is 14.0. The van der Waals surface area contributed by atoms with Gasteiger partial charge in [0.1, 0.15) is 0 Å². The van der Waals surface area contributed by atoms with Gasteiger partial charge in [-0.25, -0.2) is 0 Å². The van der Waals surface area contributed by atoms with Gasteiger partial charge in [0.2, 0.25) is 0 Å². The second-order valence-electron chi connectivity index (χ2n) is 4.09. The molecule has 0 aliphatic carbocycles. The molecule has 0 spiro atoms. The molecule has 0 fully saturated rings. The van der Waals surface area contributed by atoms with Crippen molar-refractivity contribution in [2.75, 3.05) is 0 Å². The number of allylic oxidation sites excluding steroid dienone is 1. The van der Waals surface area contributed by atoms with Gasteiger partial charge in [-0.3, -0.25) is 0 Å². The molecule has 0 heterocycles. The van der Waals surface area contributed by atoms with Crippen LogP contribution in [-0.2, 0) is 0 Å². The van der Waals surface area contributed by atoms with E-state index in [1.807, 2.05) is 0 Å². The molecule has 0 N–H and O–H groups in total. The molecule has 0 bridgehead atoms. The first-order valence-electron chi connectivity index (χ1n) is 5.90. The Morgan fingerprint density at radius 1 is 1.20 bits per heavy atom. The topological polar surface area (TPSA) is 0 Å². The molecule has 0 aliphatic heterocycles. The van der Waals surface area contributed by atoms with Gasteiger partial charge in [0, 0.05) is 0 Å². The third-order valence-corrected chi connectivity index (χ3v) is 2.81. The monoisotopic (exact) mass is 201 g/mol. The summed E-state index contributed by atoms with van der Waals surface area (Å²) >= 11 is 0. The summed E-state index contributed by atoms with van der Waals surface area (Å²) in [5, 5.41) is 0. The number of rotatable bonds is 5. The number of benzene rings is 1. The van der Waals surface area contributed by atoms with Crippen LogP contribution in [0.1, 0.15) is 49.3 Å². The molecule has 1 rings (SSSR count). The highest BCUT2D eigenvalue weighted by molar-refractivity contribution is 5.36. The molecule has 1 radical (unpaired) electrons. The van der Waals surface area contributed by atoms with E-state index < -0.39 is 0 Å². The van der Waals surface area contributed by atoms with Crippen molar-refractivity contribution in [1.29, 1.82) is 0 Å². The fraction of sp³-hybridized carbons (Fsp3) is 0.467. The van der Waals surface area contributed by atoms with Gasteiger partial charge in [-0.15, -0.1) is 0 Å². The molecule has 81 valence electrons. The van der Waals surface area contributed by atoms with Gasteiger partial charge in [0.15, 0.2) is 0 Å². The van der Waals surface area contributed by atoms with Gasteiger partial charge in [-0.05, 0) is 49.5 Å². The van der Waals surface area contributed by atoms with Gasteiger partial charge in [0.05, 0.1) is 0 Å². The zero-order valence-corrected chi connectivity index (χ0v) is 10.1.